The number of hydrogen-bond acceptors (Lipinski definition) is 7. The topological polar surface area (TPSA) is 106 Å². The van der Waals surface area contributed by atoms with Crippen LogP contribution >= 0.6 is 11.3 Å². The molecule has 21 heavy (non-hydrogen) atoms. The van der Waals surface area contributed by atoms with Crippen LogP contribution in [0.15, 0.2) is 18.2 Å². The lowest BCUT2D eigenvalue weighted by Gasteiger charge is -2.15. The number of anilines is 2. The van der Waals surface area contributed by atoms with Crippen LogP contribution in [0.25, 0.3) is 0 Å². The van der Waals surface area contributed by atoms with E-state index in [1.54, 1.807) is 11.3 Å². The molecule has 4 N–H and O–H groups in total. The predicted octanol–water partition coefficient (Wildman–Crippen LogP) is 3.13. The summed E-state index contributed by atoms with van der Waals surface area (Å²) in [4.78, 5) is 17.1. The van der Waals surface area contributed by atoms with Crippen LogP contribution in [-0.2, 0) is 0 Å². The van der Waals surface area contributed by atoms with E-state index in [0.29, 0.717) is 5.82 Å². The van der Waals surface area contributed by atoms with E-state index in [9.17, 15) is 10.1 Å². The van der Waals surface area contributed by atoms with Gasteiger partial charge in [0.1, 0.15) is 5.82 Å². The molecule has 2 heterocycles. The molecule has 0 fully saturated rings. The average Bonchev–Trinajstić information content (AvgIpc) is 2.77. The van der Waals surface area contributed by atoms with Crippen molar-refractivity contribution >= 4 is 28.7 Å². The largest absolute Gasteiger partial charge is 0.358 e. The Kier molecular flexibility index (Phi) is 4.39. The monoisotopic (exact) mass is 307 g/mol. The van der Waals surface area contributed by atoms with Gasteiger partial charge in [-0.25, -0.2) is 10.8 Å². The number of pyridine rings is 1. The smallest absolute Gasteiger partial charge is 0.311 e. The lowest BCUT2D eigenvalue weighted by Crippen LogP contribution is -2.13. The van der Waals surface area contributed by atoms with Gasteiger partial charge in [-0.2, -0.15) is 0 Å². The molecule has 1 atom stereocenters. The zero-order chi connectivity index (χ0) is 15.6. The summed E-state index contributed by atoms with van der Waals surface area (Å²) in [5.74, 6) is 5.87. The summed E-state index contributed by atoms with van der Waals surface area (Å²) in [6, 6.07) is 4.83. The molecule has 7 nitrogen and oxygen atoms in total. The van der Waals surface area contributed by atoms with Crippen LogP contribution in [-0.4, -0.2) is 9.91 Å². The Hall–Kier alpha value is -2.19. The molecule has 2 aromatic rings. The Morgan fingerprint density at radius 3 is 2.67 bits per heavy atom. The summed E-state index contributed by atoms with van der Waals surface area (Å²) in [7, 11) is 0. The number of nitrogens with zero attached hydrogens (tertiary/aromatic N) is 2. The third-order valence-electron chi connectivity index (χ3n) is 3.12. The quantitative estimate of drug-likeness (QED) is 0.445. The van der Waals surface area contributed by atoms with Crippen LogP contribution in [0.2, 0.25) is 0 Å². The second kappa shape index (κ2) is 6.06. The average molecular weight is 307 g/mol. The first-order valence-corrected chi connectivity index (χ1v) is 7.19. The molecule has 0 aliphatic carbocycles. The Morgan fingerprint density at radius 2 is 2.14 bits per heavy atom. The first-order chi connectivity index (χ1) is 9.92. The van der Waals surface area contributed by atoms with Crippen molar-refractivity contribution in [2.75, 3.05) is 10.7 Å². The Labute approximate surface area is 126 Å². The Balaban J connectivity index is 2.33. The van der Waals surface area contributed by atoms with Gasteiger partial charge in [0.15, 0.2) is 0 Å². The number of aryl methyl sites for hydroxylation is 2. The number of nitrogens with two attached hydrogens (primary N) is 1. The molecule has 0 spiro atoms. The summed E-state index contributed by atoms with van der Waals surface area (Å²) in [5.41, 5.74) is 3.42. The van der Waals surface area contributed by atoms with E-state index >= 15 is 0 Å². The second-order valence-electron chi connectivity index (χ2n) is 4.70. The van der Waals surface area contributed by atoms with E-state index in [4.69, 9.17) is 5.84 Å². The molecule has 0 saturated heterocycles. The summed E-state index contributed by atoms with van der Waals surface area (Å²) in [6.45, 7) is 6.01. The molecule has 2 rings (SSSR count). The van der Waals surface area contributed by atoms with Crippen molar-refractivity contribution in [1.82, 2.24) is 4.98 Å². The van der Waals surface area contributed by atoms with Crippen LogP contribution in [0, 0.1) is 24.0 Å². The van der Waals surface area contributed by atoms with Gasteiger partial charge in [0.05, 0.1) is 11.0 Å². The molecule has 0 aliphatic rings. The molecule has 1 unspecified atom stereocenters. The van der Waals surface area contributed by atoms with Crippen LogP contribution < -0.4 is 16.6 Å². The van der Waals surface area contributed by atoms with E-state index in [-0.39, 0.29) is 17.5 Å². The van der Waals surface area contributed by atoms with Crippen molar-refractivity contribution in [3.63, 3.8) is 0 Å². The number of nitro groups is 1. The Bertz CT molecular complexity index is 671. The normalized spacial score (nSPS) is 12.0. The van der Waals surface area contributed by atoms with E-state index in [1.807, 2.05) is 20.8 Å². The number of hydrogen-bond donors (Lipinski definition) is 3. The highest BCUT2D eigenvalue weighted by Gasteiger charge is 2.19. The lowest BCUT2D eigenvalue weighted by atomic mass is 10.1. The number of hydrazine groups is 1. The minimum Gasteiger partial charge on any atom is -0.358 e. The number of thiophene rings is 1. The second-order valence-corrected chi connectivity index (χ2v) is 6.16. The third kappa shape index (κ3) is 3.29. The number of aromatic nitrogens is 1. The first kappa shape index (κ1) is 15.2. The molecule has 8 heteroatoms. The Morgan fingerprint density at radius 1 is 1.43 bits per heavy atom. The van der Waals surface area contributed by atoms with Gasteiger partial charge >= 0.3 is 5.69 Å². The molecule has 112 valence electrons. The highest BCUT2D eigenvalue weighted by atomic mass is 32.1. The van der Waals surface area contributed by atoms with Crippen LogP contribution in [0.1, 0.15) is 28.3 Å². The van der Waals surface area contributed by atoms with Gasteiger partial charge in [0.2, 0.25) is 5.82 Å². The molecular weight excluding hydrogens is 290 g/mol. The maximum atomic E-state index is 11.1. The van der Waals surface area contributed by atoms with Gasteiger partial charge in [-0.1, -0.05) is 0 Å². The van der Waals surface area contributed by atoms with Crippen molar-refractivity contribution in [1.29, 1.82) is 0 Å². The van der Waals surface area contributed by atoms with Gasteiger partial charge < -0.3 is 10.7 Å². The summed E-state index contributed by atoms with van der Waals surface area (Å²) >= 11 is 1.70. The molecule has 0 saturated carbocycles. The SMILES string of the molecule is Cc1cc(C(C)Nc2nc(NN)ccc2[N+](=O)[O-])c(C)s1. The third-order valence-corrected chi connectivity index (χ3v) is 4.10. The number of nitrogens with one attached hydrogen (secondary N) is 2. The van der Waals surface area contributed by atoms with E-state index in [2.05, 4.69) is 21.8 Å². The lowest BCUT2D eigenvalue weighted by molar-refractivity contribution is -0.384. The van der Waals surface area contributed by atoms with Crippen LogP contribution in [0.3, 0.4) is 0 Å². The molecule has 0 aromatic carbocycles. The van der Waals surface area contributed by atoms with Crippen molar-refractivity contribution in [3.8, 4) is 0 Å². The predicted molar refractivity (Wildman–Crippen MR) is 84.5 cm³/mol. The minimum atomic E-state index is -0.464. The van der Waals surface area contributed by atoms with Gasteiger partial charge in [0.25, 0.3) is 0 Å². The summed E-state index contributed by atoms with van der Waals surface area (Å²) < 4.78 is 0. The van der Waals surface area contributed by atoms with Gasteiger partial charge in [0, 0.05) is 15.8 Å². The fraction of sp³-hybridized carbons (Fsp3) is 0.308. The van der Waals surface area contributed by atoms with Crippen molar-refractivity contribution < 1.29 is 4.92 Å². The minimum absolute atomic E-state index is 0.0783. The van der Waals surface area contributed by atoms with Gasteiger partial charge in [-0.3, -0.25) is 10.1 Å². The standard InChI is InChI=1S/C13H17N5O2S/c1-7-6-10(9(3)21-7)8(2)15-13-11(18(19)20)4-5-12(16-13)17-14/h4-6,8H,14H2,1-3H3,(H2,15,16,17). The zero-order valence-electron chi connectivity index (χ0n) is 12.0. The summed E-state index contributed by atoms with van der Waals surface area (Å²) in [5, 5.41) is 14.2. The number of nitrogen functional groups attached to an aromatic ring is 1. The fourth-order valence-corrected chi connectivity index (χ4v) is 3.17. The first-order valence-electron chi connectivity index (χ1n) is 6.38. The molecule has 0 radical (unpaired) electrons. The van der Waals surface area contributed by atoms with Crippen LogP contribution in [0.4, 0.5) is 17.3 Å². The molecule has 0 amide bonds. The van der Waals surface area contributed by atoms with Crippen molar-refractivity contribution in [2.45, 2.75) is 26.8 Å². The van der Waals surface area contributed by atoms with Crippen molar-refractivity contribution in [3.05, 3.63) is 43.6 Å². The number of rotatable bonds is 5. The zero-order valence-corrected chi connectivity index (χ0v) is 12.8. The summed E-state index contributed by atoms with van der Waals surface area (Å²) in [6.07, 6.45) is 0. The van der Waals surface area contributed by atoms with E-state index < -0.39 is 4.92 Å². The highest BCUT2D eigenvalue weighted by molar-refractivity contribution is 7.12. The molecule has 0 bridgehead atoms. The van der Waals surface area contributed by atoms with E-state index in [1.165, 1.54) is 21.9 Å². The molecule has 2 aromatic heterocycles. The van der Waals surface area contributed by atoms with Crippen molar-refractivity contribution in [2.24, 2.45) is 5.84 Å². The fourth-order valence-electron chi connectivity index (χ4n) is 2.15. The van der Waals surface area contributed by atoms with Gasteiger partial charge in [-0.05, 0) is 38.5 Å². The van der Waals surface area contributed by atoms with E-state index in [0.717, 1.165) is 5.56 Å². The highest BCUT2D eigenvalue weighted by Crippen LogP contribution is 2.31. The maximum absolute atomic E-state index is 11.1. The van der Waals surface area contributed by atoms with Crippen LogP contribution in [0.5, 0.6) is 0 Å². The molecule has 0 aliphatic heterocycles. The van der Waals surface area contributed by atoms with Gasteiger partial charge in [-0.15, -0.1) is 11.3 Å². The molecular formula is C13H17N5O2S. The maximum Gasteiger partial charge on any atom is 0.311 e.